The monoisotopic (exact) mass is 366 g/mol. The summed E-state index contributed by atoms with van der Waals surface area (Å²) >= 11 is 0. The van der Waals surface area contributed by atoms with Crippen LogP contribution in [0, 0.1) is 13.8 Å². The van der Waals surface area contributed by atoms with Crippen LogP contribution in [0.15, 0.2) is 0 Å². The molecule has 1 atom stereocenters. The molecule has 0 aromatic carbocycles. The van der Waals surface area contributed by atoms with Gasteiger partial charge in [0.05, 0.1) is 13.2 Å². The number of amides is 1. The summed E-state index contributed by atoms with van der Waals surface area (Å²) in [7, 11) is 4.64. The smallest absolute Gasteiger partial charge is 0.354 e. The molecule has 1 amide bonds. The Hall–Kier alpha value is -2.15. The van der Waals surface area contributed by atoms with Crippen LogP contribution in [0.4, 0.5) is 0 Å². The van der Waals surface area contributed by atoms with Crippen LogP contribution < -0.4 is 0 Å². The highest BCUT2D eigenvalue weighted by Crippen LogP contribution is 2.24. The van der Waals surface area contributed by atoms with E-state index >= 15 is 0 Å². The van der Waals surface area contributed by atoms with Gasteiger partial charge in [-0.1, -0.05) is 6.92 Å². The van der Waals surface area contributed by atoms with Crippen LogP contribution in [0.5, 0.6) is 0 Å². The number of ether oxygens (including phenoxy) is 2. The van der Waals surface area contributed by atoms with Crippen molar-refractivity contribution in [3.05, 3.63) is 22.5 Å². The number of nitrogens with zero attached hydrogens (tertiary/aromatic N) is 2. The van der Waals surface area contributed by atoms with Crippen LogP contribution in [-0.2, 0) is 21.3 Å². The highest BCUT2D eigenvalue weighted by molar-refractivity contribution is 6.06. The third-order valence-corrected chi connectivity index (χ3v) is 4.77. The van der Waals surface area contributed by atoms with E-state index in [1.165, 1.54) is 7.11 Å². The summed E-state index contributed by atoms with van der Waals surface area (Å²) in [6.45, 7) is 7.99. The first kappa shape index (κ1) is 21.9. The molecule has 0 aliphatic carbocycles. The molecular weight excluding hydrogens is 336 g/mol. The van der Waals surface area contributed by atoms with Gasteiger partial charge in [-0.3, -0.25) is 9.59 Å². The van der Waals surface area contributed by atoms with Gasteiger partial charge in [-0.25, -0.2) is 4.79 Å². The van der Waals surface area contributed by atoms with Gasteiger partial charge < -0.3 is 18.9 Å². The minimum absolute atomic E-state index is 0.0821. The molecule has 0 aliphatic rings. The van der Waals surface area contributed by atoms with E-state index < -0.39 is 12.0 Å². The Bertz CT molecular complexity index is 678. The Balaban J connectivity index is 3.24. The first-order valence-electron chi connectivity index (χ1n) is 8.79. The molecule has 0 saturated heterocycles. The number of carbonyl (C=O) groups is 3. The summed E-state index contributed by atoms with van der Waals surface area (Å²) in [6, 6.07) is -0.621. The molecule has 1 rings (SSSR count). The quantitative estimate of drug-likeness (QED) is 0.381. The minimum atomic E-state index is -0.621. The fourth-order valence-corrected chi connectivity index (χ4v) is 3.19. The van der Waals surface area contributed by atoms with Crippen molar-refractivity contribution in [1.29, 1.82) is 0 Å². The molecule has 0 saturated carbocycles. The average molecular weight is 366 g/mol. The van der Waals surface area contributed by atoms with Gasteiger partial charge in [0.15, 0.2) is 5.78 Å². The highest BCUT2D eigenvalue weighted by Gasteiger charge is 2.31. The molecule has 146 valence electrons. The van der Waals surface area contributed by atoms with E-state index in [4.69, 9.17) is 9.47 Å². The summed E-state index contributed by atoms with van der Waals surface area (Å²) in [5.74, 6) is -0.743. The molecule has 1 aromatic rings. The van der Waals surface area contributed by atoms with Gasteiger partial charge in [-0.2, -0.15) is 0 Å². The van der Waals surface area contributed by atoms with Gasteiger partial charge in [-0.15, -0.1) is 0 Å². The molecule has 1 aromatic heterocycles. The summed E-state index contributed by atoms with van der Waals surface area (Å²) in [5, 5.41) is 0. The molecule has 1 unspecified atom stereocenters. The van der Waals surface area contributed by atoms with Gasteiger partial charge in [0.1, 0.15) is 5.69 Å². The fourth-order valence-electron chi connectivity index (χ4n) is 3.19. The largest absolute Gasteiger partial charge is 0.464 e. The van der Waals surface area contributed by atoms with Gasteiger partial charge in [0, 0.05) is 45.0 Å². The number of hydrogen-bond donors (Lipinski definition) is 0. The van der Waals surface area contributed by atoms with Crippen molar-refractivity contribution < 1.29 is 23.9 Å². The highest BCUT2D eigenvalue weighted by atomic mass is 16.5. The SMILES string of the molecule is CCC(=O)N(CCCOC)C(C)C(=O)c1c(C)c(C(=O)OC)n(C)c1C. The molecule has 0 aliphatic heterocycles. The third-order valence-electron chi connectivity index (χ3n) is 4.77. The molecule has 0 N–H and O–H groups in total. The topological polar surface area (TPSA) is 77.8 Å². The first-order valence-corrected chi connectivity index (χ1v) is 8.79. The average Bonchev–Trinajstić information content (AvgIpc) is 2.85. The Labute approximate surface area is 155 Å². The lowest BCUT2D eigenvalue weighted by atomic mass is 9.99. The second-order valence-corrected chi connectivity index (χ2v) is 6.31. The van der Waals surface area contributed by atoms with E-state index in [1.807, 2.05) is 0 Å². The summed E-state index contributed by atoms with van der Waals surface area (Å²) in [5.41, 5.74) is 2.09. The number of carbonyl (C=O) groups excluding carboxylic acids is 3. The van der Waals surface area contributed by atoms with Crippen molar-refractivity contribution in [3.8, 4) is 0 Å². The van der Waals surface area contributed by atoms with Crippen LogP contribution in [0.3, 0.4) is 0 Å². The summed E-state index contributed by atoms with van der Waals surface area (Å²) in [6.07, 6.45) is 0.977. The molecular formula is C19H30N2O5. The van der Waals surface area contributed by atoms with Crippen molar-refractivity contribution in [2.75, 3.05) is 27.4 Å². The maximum Gasteiger partial charge on any atom is 0.354 e. The second kappa shape index (κ2) is 9.52. The fraction of sp³-hybridized carbons (Fsp3) is 0.632. The van der Waals surface area contributed by atoms with E-state index in [-0.39, 0.29) is 11.7 Å². The van der Waals surface area contributed by atoms with E-state index in [0.717, 1.165) is 0 Å². The molecule has 26 heavy (non-hydrogen) atoms. The summed E-state index contributed by atoms with van der Waals surface area (Å²) < 4.78 is 11.5. The Morgan fingerprint density at radius 3 is 2.31 bits per heavy atom. The van der Waals surface area contributed by atoms with E-state index in [2.05, 4.69) is 0 Å². The van der Waals surface area contributed by atoms with Gasteiger partial charge in [0.2, 0.25) is 5.91 Å². The van der Waals surface area contributed by atoms with Crippen molar-refractivity contribution in [2.24, 2.45) is 7.05 Å². The van der Waals surface area contributed by atoms with Gasteiger partial charge in [-0.05, 0) is 32.8 Å². The van der Waals surface area contributed by atoms with Crippen molar-refractivity contribution in [3.63, 3.8) is 0 Å². The van der Waals surface area contributed by atoms with Gasteiger partial charge >= 0.3 is 5.97 Å². The van der Waals surface area contributed by atoms with E-state index in [0.29, 0.717) is 48.5 Å². The molecule has 1 heterocycles. The number of aromatic nitrogens is 1. The molecule has 0 spiro atoms. The maximum atomic E-state index is 13.2. The van der Waals surface area contributed by atoms with Crippen LogP contribution in [0.25, 0.3) is 0 Å². The Morgan fingerprint density at radius 2 is 1.81 bits per heavy atom. The van der Waals surface area contributed by atoms with Crippen LogP contribution in [-0.4, -0.2) is 60.5 Å². The standard InChI is InChI=1S/C19H30N2O5/c1-8-15(22)21(10-9-11-25-6)14(4)18(23)16-12(2)17(19(24)26-7)20(5)13(16)3/h14H,8-11H2,1-7H3. The number of rotatable bonds is 9. The molecule has 0 radical (unpaired) electrons. The zero-order valence-corrected chi connectivity index (χ0v) is 16.8. The zero-order chi connectivity index (χ0) is 20.0. The van der Waals surface area contributed by atoms with Crippen LogP contribution >= 0.6 is 0 Å². The Morgan fingerprint density at radius 1 is 1.19 bits per heavy atom. The minimum Gasteiger partial charge on any atom is -0.464 e. The normalized spacial score (nSPS) is 12.0. The van der Waals surface area contributed by atoms with E-state index in [1.54, 1.807) is 51.3 Å². The number of ketones is 1. The number of hydrogen-bond acceptors (Lipinski definition) is 5. The lowest BCUT2D eigenvalue weighted by Crippen LogP contribution is -2.44. The molecule has 7 nitrogen and oxygen atoms in total. The molecule has 7 heteroatoms. The Kier molecular flexibility index (Phi) is 8.02. The number of Topliss-reactive ketones (excluding diaryl/α,β-unsaturated/α-hetero) is 1. The van der Waals surface area contributed by atoms with Crippen molar-refractivity contribution in [2.45, 2.75) is 46.6 Å². The zero-order valence-electron chi connectivity index (χ0n) is 16.8. The lowest BCUT2D eigenvalue weighted by Gasteiger charge is -2.28. The third kappa shape index (κ3) is 4.33. The van der Waals surface area contributed by atoms with E-state index in [9.17, 15) is 14.4 Å². The van der Waals surface area contributed by atoms with Crippen molar-refractivity contribution in [1.82, 2.24) is 9.47 Å². The predicted molar refractivity (Wildman–Crippen MR) is 98.5 cm³/mol. The maximum absolute atomic E-state index is 13.2. The molecule has 0 fully saturated rings. The number of methoxy groups -OCH3 is 2. The van der Waals surface area contributed by atoms with Gasteiger partial charge in [0.25, 0.3) is 0 Å². The summed E-state index contributed by atoms with van der Waals surface area (Å²) in [4.78, 5) is 39.1. The first-order chi connectivity index (χ1) is 12.2. The van der Waals surface area contributed by atoms with Crippen molar-refractivity contribution >= 4 is 17.7 Å². The predicted octanol–water partition coefficient (Wildman–Crippen LogP) is 2.27. The lowest BCUT2D eigenvalue weighted by molar-refractivity contribution is -0.132. The number of esters is 1. The second-order valence-electron chi connectivity index (χ2n) is 6.31. The molecule has 0 bridgehead atoms. The van der Waals surface area contributed by atoms with Crippen LogP contribution in [0.1, 0.15) is 58.8 Å². The van der Waals surface area contributed by atoms with Crippen LogP contribution in [0.2, 0.25) is 0 Å².